The standard InChI is InChI=1S/C19H15BrN2O/c1-13(15-10-9-14-5-2-3-6-16(14)11-15)21-22-19(23)17-7-4-8-18(20)12-17/h2-12H,1H3,(H,22,23)/b21-13-. The van der Waals surface area contributed by atoms with E-state index in [9.17, 15) is 4.79 Å². The highest BCUT2D eigenvalue weighted by atomic mass is 79.9. The summed E-state index contributed by atoms with van der Waals surface area (Å²) in [6.07, 6.45) is 0. The molecule has 0 spiro atoms. The van der Waals surface area contributed by atoms with Gasteiger partial charge < -0.3 is 0 Å². The van der Waals surface area contributed by atoms with Gasteiger partial charge in [0, 0.05) is 10.0 Å². The van der Waals surface area contributed by atoms with Gasteiger partial charge in [-0.2, -0.15) is 5.10 Å². The van der Waals surface area contributed by atoms with Crippen molar-refractivity contribution in [3.63, 3.8) is 0 Å². The Morgan fingerprint density at radius 1 is 0.913 bits per heavy atom. The molecule has 0 aliphatic carbocycles. The predicted molar refractivity (Wildman–Crippen MR) is 97.8 cm³/mol. The second kappa shape index (κ2) is 6.75. The summed E-state index contributed by atoms with van der Waals surface area (Å²) in [5, 5.41) is 6.54. The van der Waals surface area contributed by atoms with E-state index >= 15 is 0 Å². The molecule has 0 aliphatic rings. The molecule has 0 saturated heterocycles. The molecule has 0 aromatic heterocycles. The molecule has 114 valence electrons. The van der Waals surface area contributed by atoms with Gasteiger partial charge in [-0.1, -0.05) is 58.4 Å². The number of fused-ring (bicyclic) bond motifs is 1. The second-order valence-electron chi connectivity index (χ2n) is 5.21. The Morgan fingerprint density at radius 3 is 2.48 bits per heavy atom. The lowest BCUT2D eigenvalue weighted by Crippen LogP contribution is -2.19. The van der Waals surface area contributed by atoms with Crippen LogP contribution in [0, 0.1) is 0 Å². The summed E-state index contributed by atoms with van der Waals surface area (Å²) in [7, 11) is 0. The lowest BCUT2D eigenvalue weighted by Gasteiger charge is -2.05. The van der Waals surface area contributed by atoms with Gasteiger partial charge in [-0.3, -0.25) is 4.79 Å². The molecule has 0 bridgehead atoms. The van der Waals surface area contributed by atoms with Crippen molar-refractivity contribution in [2.75, 3.05) is 0 Å². The summed E-state index contributed by atoms with van der Waals surface area (Å²) in [6.45, 7) is 1.88. The number of hydrogen-bond donors (Lipinski definition) is 1. The smallest absolute Gasteiger partial charge is 0.267 e. The summed E-state index contributed by atoms with van der Waals surface area (Å²) >= 11 is 3.35. The van der Waals surface area contributed by atoms with Gasteiger partial charge in [-0.25, -0.2) is 5.43 Å². The zero-order valence-electron chi connectivity index (χ0n) is 12.6. The molecule has 0 atom stereocenters. The Bertz CT molecular complexity index is 903. The third kappa shape index (κ3) is 3.66. The Kier molecular flexibility index (Phi) is 4.53. The highest BCUT2D eigenvalue weighted by Gasteiger charge is 2.05. The van der Waals surface area contributed by atoms with Gasteiger partial charge in [0.15, 0.2) is 0 Å². The van der Waals surface area contributed by atoms with Gasteiger partial charge in [0.2, 0.25) is 0 Å². The number of rotatable bonds is 3. The van der Waals surface area contributed by atoms with Gasteiger partial charge in [0.1, 0.15) is 0 Å². The molecule has 23 heavy (non-hydrogen) atoms. The summed E-state index contributed by atoms with van der Waals surface area (Å²) in [5.74, 6) is -0.230. The van der Waals surface area contributed by atoms with E-state index in [1.54, 1.807) is 12.1 Å². The number of hydrogen-bond acceptors (Lipinski definition) is 2. The van der Waals surface area contributed by atoms with Gasteiger partial charge in [-0.05, 0) is 47.5 Å². The number of nitrogens with one attached hydrogen (secondary N) is 1. The van der Waals surface area contributed by atoms with Crippen molar-refractivity contribution >= 4 is 38.3 Å². The molecule has 0 radical (unpaired) electrons. The van der Waals surface area contributed by atoms with Crippen molar-refractivity contribution < 1.29 is 4.79 Å². The molecule has 0 heterocycles. The molecule has 1 amide bonds. The number of carbonyl (C=O) groups excluding carboxylic acids is 1. The van der Waals surface area contributed by atoms with Crippen LogP contribution < -0.4 is 5.43 Å². The zero-order valence-corrected chi connectivity index (χ0v) is 14.2. The minimum atomic E-state index is -0.230. The Balaban J connectivity index is 1.79. The average molecular weight is 367 g/mol. The number of hydrazone groups is 1. The van der Waals surface area contributed by atoms with E-state index in [1.807, 2.05) is 37.3 Å². The number of amides is 1. The van der Waals surface area contributed by atoms with Crippen molar-refractivity contribution in [2.45, 2.75) is 6.92 Å². The van der Waals surface area contributed by atoms with Crippen molar-refractivity contribution in [3.8, 4) is 0 Å². The predicted octanol–water partition coefficient (Wildman–Crippen LogP) is 4.76. The number of halogens is 1. The SMILES string of the molecule is C/C(=N/NC(=O)c1cccc(Br)c1)c1ccc2ccccc2c1. The van der Waals surface area contributed by atoms with E-state index < -0.39 is 0 Å². The molecule has 0 saturated carbocycles. The van der Waals surface area contributed by atoms with Crippen LogP contribution in [0.3, 0.4) is 0 Å². The van der Waals surface area contributed by atoms with Gasteiger partial charge in [0.05, 0.1) is 5.71 Å². The lowest BCUT2D eigenvalue weighted by atomic mass is 10.0. The van der Waals surface area contributed by atoms with Crippen LogP contribution in [-0.2, 0) is 0 Å². The molecular formula is C19H15BrN2O. The van der Waals surface area contributed by atoms with E-state index in [0.717, 1.165) is 21.1 Å². The van der Waals surface area contributed by atoms with Crippen LogP contribution in [0.4, 0.5) is 0 Å². The molecule has 0 unspecified atom stereocenters. The number of carbonyl (C=O) groups is 1. The Labute approximate surface area is 143 Å². The number of benzene rings is 3. The normalized spacial score (nSPS) is 11.5. The van der Waals surface area contributed by atoms with Crippen LogP contribution in [0.1, 0.15) is 22.8 Å². The maximum Gasteiger partial charge on any atom is 0.271 e. The molecule has 3 aromatic carbocycles. The van der Waals surface area contributed by atoms with Gasteiger partial charge in [-0.15, -0.1) is 0 Å². The minimum Gasteiger partial charge on any atom is -0.267 e. The lowest BCUT2D eigenvalue weighted by molar-refractivity contribution is 0.0955. The third-order valence-electron chi connectivity index (χ3n) is 3.58. The quantitative estimate of drug-likeness (QED) is 0.527. The van der Waals surface area contributed by atoms with Crippen molar-refractivity contribution in [1.82, 2.24) is 5.43 Å². The van der Waals surface area contributed by atoms with Crippen molar-refractivity contribution in [3.05, 3.63) is 82.3 Å². The Morgan fingerprint density at radius 2 is 1.70 bits per heavy atom. The maximum absolute atomic E-state index is 12.1. The fraction of sp³-hybridized carbons (Fsp3) is 0.0526. The van der Waals surface area contributed by atoms with Crippen LogP contribution in [0.15, 0.2) is 76.3 Å². The van der Waals surface area contributed by atoms with E-state index in [4.69, 9.17) is 0 Å². The molecule has 4 heteroatoms. The van der Waals surface area contributed by atoms with Crippen LogP contribution in [0.25, 0.3) is 10.8 Å². The van der Waals surface area contributed by atoms with Crippen LogP contribution >= 0.6 is 15.9 Å². The minimum absolute atomic E-state index is 0.230. The highest BCUT2D eigenvalue weighted by molar-refractivity contribution is 9.10. The number of nitrogens with zero attached hydrogens (tertiary/aromatic N) is 1. The summed E-state index contributed by atoms with van der Waals surface area (Å²) in [5.41, 5.74) is 4.91. The third-order valence-corrected chi connectivity index (χ3v) is 4.07. The topological polar surface area (TPSA) is 41.5 Å². The summed E-state index contributed by atoms with van der Waals surface area (Å²) in [6, 6.07) is 21.5. The summed E-state index contributed by atoms with van der Waals surface area (Å²) < 4.78 is 0.861. The molecule has 3 aromatic rings. The average Bonchev–Trinajstić information content (AvgIpc) is 2.59. The van der Waals surface area contributed by atoms with E-state index in [-0.39, 0.29) is 5.91 Å². The highest BCUT2D eigenvalue weighted by Crippen LogP contribution is 2.16. The summed E-state index contributed by atoms with van der Waals surface area (Å²) in [4.78, 5) is 12.1. The fourth-order valence-electron chi connectivity index (χ4n) is 2.31. The zero-order chi connectivity index (χ0) is 16.2. The maximum atomic E-state index is 12.1. The van der Waals surface area contributed by atoms with Crippen LogP contribution in [-0.4, -0.2) is 11.6 Å². The van der Waals surface area contributed by atoms with Crippen LogP contribution in [0.5, 0.6) is 0 Å². The van der Waals surface area contributed by atoms with Crippen LogP contribution in [0.2, 0.25) is 0 Å². The van der Waals surface area contributed by atoms with Gasteiger partial charge >= 0.3 is 0 Å². The van der Waals surface area contributed by atoms with Crippen molar-refractivity contribution in [1.29, 1.82) is 0 Å². The molecule has 0 aliphatic heterocycles. The molecule has 3 nitrogen and oxygen atoms in total. The van der Waals surface area contributed by atoms with Gasteiger partial charge in [0.25, 0.3) is 5.91 Å². The van der Waals surface area contributed by atoms with Crippen molar-refractivity contribution in [2.24, 2.45) is 5.10 Å². The largest absolute Gasteiger partial charge is 0.271 e. The first kappa shape index (κ1) is 15.4. The fourth-order valence-corrected chi connectivity index (χ4v) is 2.71. The molecule has 1 N–H and O–H groups in total. The monoisotopic (exact) mass is 366 g/mol. The van der Waals surface area contributed by atoms with E-state index in [1.165, 1.54) is 5.39 Å². The molecule has 3 rings (SSSR count). The molecule has 0 fully saturated rings. The van der Waals surface area contributed by atoms with E-state index in [0.29, 0.717) is 5.56 Å². The first-order valence-electron chi connectivity index (χ1n) is 7.23. The Hall–Kier alpha value is -2.46. The first-order chi connectivity index (χ1) is 11.1. The molecular weight excluding hydrogens is 352 g/mol. The second-order valence-corrected chi connectivity index (χ2v) is 6.13. The first-order valence-corrected chi connectivity index (χ1v) is 8.02. The van der Waals surface area contributed by atoms with E-state index in [2.05, 4.69) is 50.7 Å².